The number of likely N-dealkylation sites (tertiary alicyclic amines) is 1. The minimum atomic E-state index is -2.80. The molecular formula is C15H20F2N2OS. The van der Waals surface area contributed by atoms with Crippen molar-refractivity contribution < 1.29 is 13.5 Å². The molecule has 0 unspecified atom stereocenters. The van der Waals surface area contributed by atoms with Gasteiger partial charge in [-0.15, -0.1) is 0 Å². The molecule has 0 radical (unpaired) electrons. The summed E-state index contributed by atoms with van der Waals surface area (Å²) >= 11 is 5.43. The summed E-state index contributed by atoms with van der Waals surface area (Å²) in [5.41, 5.74) is 0.771. The van der Waals surface area contributed by atoms with E-state index in [1.165, 1.54) is 18.6 Å². The largest absolute Gasteiger partial charge is 0.435 e. The molecular weight excluding hydrogens is 294 g/mol. The molecule has 1 heterocycles. The molecule has 0 spiro atoms. The normalized spacial score (nSPS) is 22.2. The van der Waals surface area contributed by atoms with Gasteiger partial charge >= 0.3 is 6.61 Å². The van der Waals surface area contributed by atoms with Crippen LogP contribution in [0, 0.1) is 11.8 Å². The Morgan fingerprint density at radius 1 is 1.24 bits per heavy atom. The van der Waals surface area contributed by atoms with E-state index < -0.39 is 6.61 Å². The van der Waals surface area contributed by atoms with E-state index in [1.54, 1.807) is 12.1 Å². The van der Waals surface area contributed by atoms with Gasteiger partial charge in [0.25, 0.3) is 0 Å². The third-order valence-electron chi connectivity index (χ3n) is 3.49. The maximum absolute atomic E-state index is 12.1. The fourth-order valence-electron chi connectivity index (χ4n) is 2.75. The number of rotatable bonds is 3. The minimum Gasteiger partial charge on any atom is -0.435 e. The van der Waals surface area contributed by atoms with Crippen molar-refractivity contribution in [3.63, 3.8) is 0 Å². The Morgan fingerprint density at radius 2 is 1.81 bits per heavy atom. The van der Waals surface area contributed by atoms with Crippen molar-refractivity contribution in [3.05, 3.63) is 24.3 Å². The number of halogens is 2. The average molecular weight is 314 g/mol. The lowest BCUT2D eigenvalue weighted by Crippen LogP contribution is -2.44. The van der Waals surface area contributed by atoms with Crippen LogP contribution < -0.4 is 10.1 Å². The van der Waals surface area contributed by atoms with Crippen LogP contribution in [0.5, 0.6) is 5.75 Å². The highest BCUT2D eigenvalue weighted by Gasteiger charge is 2.23. The highest BCUT2D eigenvalue weighted by Crippen LogP contribution is 2.22. The number of hydrogen-bond acceptors (Lipinski definition) is 2. The van der Waals surface area contributed by atoms with Gasteiger partial charge in [-0.1, -0.05) is 13.8 Å². The number of nitrogens with one attached hydrogen (secondary N) is 1. The Kier molecular flexibility index (Phi) is 5.33. The molecule has 6 heteroatoms. The highest BCUT2D eigenvalue weighted by atomic mass is 32.1. The lowest BCUT2D eigenvalue weighted by Gasteiger charge is -2.36. The Bertz CT molecular complexity index is 471. The fourth-order valence-corrected chi connectivity index (χ4v) is 3.02. The Balaban J connectivity index is 1.93. The molecule has 2 rings (SSSR count). The molecule has 1 N–H and O–H groups in total. The lowest BCUT2D eigenvalue weighted by molar-refractivity contribution is -0.0498. The number of benzene rings is 1. The van der Waals surface area contributed by atoms with E-state index in [1.807, 2.05) is 0 Å². The maximum atomic E-state index is 12.1. The van der Waals surface area contributed by atoms with Gasteiger partial charge in [0.1, 0.15) is 5.75 Å². The maximum Gasteiger partial charge on any atom is 0.387 e. The Morgan fingerprint density at radius 3 is 2.33 bits per heavy atom. The van der Waals surface area contributed by atoms with Gasteiger partial charge in [0.2, 0.25) is 0 Å². The zero-order valence-electron chi connectivity index (χ0n) is 12.2. The van der Waals surface area contributed by atoms with Crippen molar-refractivity contribution in [2.45, 2.75) is 26.9 Å². The number of ether oxygens (including phenoxy) is 1. The topological polar surface area (TPSA) is 24.5 Å². The first-order valence-corrected chi connectivity index (χ1v) is 7.45. The van der Waals surface area contributed by atoms with E-state index in [0.717, 1.165) is 18.8 Å². The molecule has 21 heavy (non-hydrogen) atoms. The summed E-state index contributed by atoms with van der Waals surface area (Å²) < 4.78 is 28.5. The summed E-state index contributed by atoms with van der Waals surface area (Å²) in [5, 5.41) is 3.82. The predicted octanol–water partition coefficient (Wildman–Crippen LogP) is 3.96. The van der Waals surface area contributed by atoms with Crippen LogP contribution in [0.15, 0.2) is 24.3 Å². The van der Waals surface area contributed by atoms with E-state index in [0.29, 0.717) is 16.9 Å². The van der Waals surface area contributed by atoms with Crippen molar-refractivity contribution in [2.75, 3.05) is 18.4 Å². The minimum absolute atomic E-state index is 0.140. The summed E-state index contributed by atoms with van der Waals surface area (Å²) in [4.78, 5) is 2.16. The standard InChI is InChI=1S/C15H20F2N2OS/c1-10-7-11(2)9-19(8-10)15(21)18-12-3-5-13(6-4-12)20-14(16)17/h3-6,10-11,14H,7-9H2,1-2H3,(H,18,21)/t10-,11+. The molecule has 0 bridgehead atoms. The molecule has 116 valence electrons. The molecule has 0 aliphatic carbocycles. The lowest BCUT2D eigenvalue weighted by atomic mass is 9.92. The Hall–Kier alpha value is -1.43. The van der Waals surface area contributed by atoms with Crippen molar-refractivity contribution in [2.24, 2.45) is 11.8 Å². The number of anilines is 1. The molecule has 1 aromatic carbocycles. The second kappa shape index (κ2) is 7.02. The van der Waals surface area contributed by atoms with Gasteiger partial charge in [0.05, 0.1) is 0 Å². The molecule has 3 nitrogen and oxygen atoms in total. The fraction of sp³-hybridized carbons (Fsp3) is 0.533. The second-order valence-electron chi connectivity index (χ2n) is 5.68. The van der Waals surface area contributed by atoms with E-state index in [-0.39, 0.29) is 5.75 Å². The number of nitrogens with zero attached hydrogens (tertiary/aromatic N) is 1. The van der Waals surface area contributed by atoms with Gasteiger partial charge in [-0.3, -0.25) is 0 Å². The zero-order valence-corrected chi connectivity index (χ0v) is 13.0. The smallest absolute Gasteiger partial charge is 0.387 e. The molecule has 1 aromatic rings. The second-order valence-corrected chi connectivity index (χ2v) is 6.07. The first kappa shape index (κ1) is 15.9. The Labute approximate surface area is 129 Å². The third kappa shape index (κ3) is 4.81. The van der Waals surface area contributed by atoms with E-state index in [4.69, 9.17) is 12.2 Å². The first-order valence-electron chi connectivity index (χ1n) is 7.05. The number of piperidine rings is 1. The molecule has 1 saturated heterocycles. The molecule has 0 aromatic heterocycles. The highest BCUT2D eigenvalue weighted by molar-refractivity contribution is 7.80. The van der Waals surface area contributed by atoms with Crippen LogP contribution in [-0.2, 0) is 0 Å². The summed E-state index contributed by atoms with van der Waals surface area (Å²) in [5.74, 6) is 1.38. The van der Waals surface area contributed by atoms with Crippen molar-refractivity contribution in [1.82, 2.24) is 4.90 Å². The quantitative estimate of drug-likeness (QED) is 0.854. The molecule has 2 atom stereocenters. The van der Waals surface area contributed by atoms with Crippen LogP contribution >= 0.6 is 12.2 Å². The predicted molar refractivity (Wildman–Crippen MR) is 83.8 cm³/mol. The molecule has 0 amide bonds. The molecule has 1 aliphatic heterocycles. The van der Waals surface area contributed by atoms with E-state index in [2.05, 4.69) is 28.8 Å². The van der Waals surface area contributed by atoms with Crippen LogP contribution in [0.25, 0.3) is 0 Å². The van der Waals surface area contributed by atoms with E-state index in [9.17, 15) is 8.78 Å². The van der Waals surface area contributed by atoms with Crippen LogP contribution in [-0.4, -0.2) is 29.7 Å². The summed E-state index contributed by atoms with van der Waals surface area (Å²) in [7, 11) is 0. The monoisotopic (exact) mass is 314 g/mol. The van der Waals surface area contributed by atoms with Crippen LogP contribution in [0.3, 0.4) is 0 Å². The van der Waals surface area contributed by atoms with Crippen LogP contribution in [0.4, 0.5) is 14.5 Å². The number of thiocarbonyl (C=S) groups is 1. The van der Waals surface area contributed by atoms with Gasteiger partial charge in [0, 0.05) is 18.8 Å². The zero-order chi connectivity index (χ0) is 15.4. The molecule has 1 fully saturated rings. The van der Waals surface area contributed by atoms with Gasteiger partial charge < -0.3 is 15.0 Å². The number of hydrogen-bond donors (Lipinski definition) is 1. The molecule has 0 saturated carbocycles. The van der Waals surface area contributed by atoms with Gasteiger partial charge in [-0.2, -0.15) is 8.78 Å². The average Bonchev–Trinajstić information content (AvgIpc) is 2.39. The SMILES string of the molecule is C[C@@H]1C[C@H](C)CN(C(=S)Nc2ccc(OC(F)F)cc2)C1. The van der Waals surface area contributed by atoms with Crippen LogP contribution in [0.1, 0.15) is 20.3 Å². The third-order valence-corrected chi connectivity index (χ3v) is 3.85. The van der Waals surface area contributed by atoms with Crippen molar-refractivity contribution >= 4 is 23.0 Å². The molecule has 1 aliphatic rings. The van der Waals surface area contributed by atoms with Gasteiger partial charge in [0.15, 0.2) is 5.11 Å². The summed E-state index contributed by atoms with van der Waals surface area (Å²) in [6.07, 6.45) is 1.22. The van der Waals surface area contributed by atoms with E-state index >= 15 is 0 Å². The van der Waals surface area contributed by atoms with Crippen LogP contribution in [0.2, 0.25) is 0 Å². The van der Waals surface area contributed by atoms with Gasteiger partial charge in [-0.25, -0.2) is 0 Å². The van der Waals surface area contributed by atoms with Gasteiger partial charge in [-0.05, 0) is 54.7 Å². The number of alkyl halides is 2. The summed E-state index contributed by atoms with van der Waals surface area (Å²) in [6.45, 7) is 3.54. The van der Waals surface area contributed by atoms with Crippen molar-refractivity contribution in [3.8, 4) is 5.75 Å². The van der Waals surface area contributed by atoms with Crippen molar-refractivity contribution in [1.29, 1.82) is 0 Å². The summed E-state index contributed by atoms with van der Waals surface area (Å²) in [6, 6.07) is 6.36. The first-order chi connectivity index (χ1) is 9.94.